The highest BCUT2D eigenvalue weighted by atomic mass is 16.6. The molecule has 12 nitrogen and oxygen atoms in total. The number of aliphatic imine (C=N–C) groups is 1. The molecule has 2 rings (SSSR count). The number of non-ortho nitro benzene ring substituents is 1. The Morgan fingerprint density at radius 1 is 1.04 bits per heavy atom. The van der Waals surface area contributed by atoms with Crippen molar-refractivity contribution in [2.75, 3.05) is 0 Å². The number of hydrogen-bond acceptors (Lipinski definition) is 8. The van der Waals surface area contributed by atoms with Crippen molar-refractivity contribution in [3.05, 3.63) is 59.4 Å². The molecule has 0 saturated carbocycles. The van der Waals surface area contributed by atoms with E-state index in [0.717, 1.165) is 6.21 Å². The molecule has 1 aromatic heterocycles. The van der Waals surface area contributed by atoms with Gasteiger partial charge in [0, 0.05) is 13.3 Å². The van der Waals surface area contributed by atoms with Crippen LogP contribution in [0.2, 0.25) is 0 Å². The van der Waals surface area contributed by atoms with Gasteiger partial charge in [-0.25, -0.2) is 0 Å². The molecule has 2 aromatic rings. The van der Waals surface area contributed by atoms with Crippen LogP contribution < -0.4 is 0 Å². The number of nitro benzene ring substituents is 3. The molecule has 0 amide bonds. The number of nitro groups is 3. The first kappa shape index (κ1) is 17.7. The molecule has 0 saturated heterocycles. The van der Waals surface area contributed by atoms with Gasteiger partial charge in [0.05, 0.1) is 38.3 Å². The summed E-state index contributed by atoms with van der Waals surface area (Å²) in [5.74, 6) is 0. The minimum absolute atomic E-state index is 0.407. The average Bonchev–Trinajstić information content (AvgIpc) is 2.76. The van der Waals surface area contributed by atoms with Crippen LogP contribution in [0.4, 0.5) is 22.7 Å². The molecule has 0 spiro atoms. The van der Waals surface area contributed by atoms with Crippen molar-refractivity contribution < 1.29 is 14.8 Å². The number of nitrogens with zero attached hydrogens (tertiary/aromatic N) is 6. The van der Waals surface area contributed by atoms with Crippen molar-refractivity contribution in [3.8, 4) is 0 Å². The molecular weight excluding hydrogens is 336 g/mol. The third-order valence-electron chi connectivity index (χ3n) is 3.52. The summed E-state index contributed by atoms with van der Waals surface area (Å²) in [5.41, 5.74) is -1.13. The van der Waals surface area contributed by atoms with Gasteiger partial charge in [-0.1, -0.05) is 0 Å². The van der Waals surface area contributed by atoms with E-state index in [1.807, 2.05) is 0 Å². The average molecular weight is 348 g/mol. The van der Waals surface area contributed by atoms with Gasteiger partial charge in [-0.3, -0.25) is 40.0 Å². The van der Waals surface area contributed by atoms with Crippen molar-refractivity contribution in [2.24, 2.45) is 12.0 Å². The lowest BCUT2D eigenvalue weighted by molar-refractivity contribution is -0.403. The first-order valence-corrected chi connectivity index (χ1v) is 6.79. The van der Waals surface area contributed by atoms with Crippen LogP contribution in [0.15, 0.2) is 17.1 Å². The van der Waals surface area contributed by atoms with Gasteiger partial charge < -0.3 is 0 Å². The predicted molar refractivity (Wildman–Crippen MR) is 86.3 cm³/mol. The monoisotopic (exact) mass is 348 g/mol. The van der Waals surface area contributed by atoms with E-state index in [0.29, 0.717) is 29.2 Å². The van der Waals surface area contributed by atoms with E-state index in [4.69, 9.17) is 0 Å². The maximum absolute atomic E-state index is 11.2. The van der Waals surface area contributed by atoms with Crippen LogP contribution in [0.3, 0.4) is 0 Å². The molecule has 12 heteroatoms. The second kappa shape index (κ2) is 6.43. The molecule has 0 aliphatic carbocycles. The molecule has 1 aromatic carbocycles. The first-order valence-electron chi connectivity index (χ1n) is 6.79. The Hall–Kier alpha value is -3.70. The number of rotatable bonds is 5. The van der Waals surface area contributed by atoms with Crippen LogP contribution in [0.25, 0.3) is 0 Å². The number of benzene rings is 1. The summed E-state index contributed by atoms with van der Waals surface area (Å²) in [5, 5.41) is 37.4. The molecular formula is C13H12N6O6. The molecule has 130 valence electrons. The van der Waals surface area contributed by atoms with Gasteiger partial charge in [0.15, 0.2) is 0 Å². The molecule has 0 aliphatic rings. The third kappa shape index (κ3) is 3.31. The predicted octanol–water partition coefficient (Wildman–Crippen LogP) is 2.51. The lowest BCUT2D eigenvalue weighted by atomic mass is 10.1. The van der Waals surface area contributed by atoms with Gasteiger partial charge in [-0.2, -0.15) is 5.10 Å². The van der Waals surface area contributed by atoms with E-state index in [-0.39, 0.29) is 0 Å². The standard InChI is InChI=1S/C13H12N6O6/c1-7-13(8(2)16(3)15-7)14-6-10-11(18(22)23)4-9(17(20)21)5-12(10)19(24)25/h4-6H,1-3H3. The summed E-state index contributed by atoms with van der Waals surface area (Å²) >= 11 is 0. The fourth-order valence-corrected chi connectivity index (χ4v) is 2.23. The van der Waals surface area contributed by atoms with Crippen molar-refractivity contribution in [3.63, 3.8) is 0 Å². The summed E-state index contributed by atoms with van der Waals surface area (Å²) in [6.07, 6.45) is 0.955. The largest absolute Gasteiger partial charge is 0.291 e. The molecule has 0 radical (unpaired) electrons. The van der Waals surface area contributed by atoms with E-state index < -0.39 is 37.4 Å². The summed E-state index contributed by atoms with van der Waals surface area (Å²) in [6, 6.07) is 1.33. The topological polar surface area (TPSA) is 160 Å². The number of aromatic nitrogens is 2. The smallest absolute Gasteiger partial charge is 0.270 e. The van der Waals surface area contributed by atoms with E-state index in [1.54, 1.807) is 25.6 Å². The molecule has 0 unspecified atom stereocenters. The minimum atomic E-state index is -0.934. The maximum Gasteiger partial charge on any atom is 0.291 e. The molecule has 25 heavy (non-hydrogen) atoms. The lowest BCUT2D eigenvalue weighted by Gasteiger charge is -2.01. The Kier molecular flexibility index (Phi) is 4.54. The normalized spacial score (nSPS) is 11.0. The van der Waals surface area contributed by atoms with Crippen LogP contribution in [0.1, 0.15) is 17.0 Å². The minimum Gasteiger partial charge on any atom is -0.270 e. The van der Waals surface area contributed by atoms with Crippen LogP contribution in [0, 0.1) is 44.2 Å². The van der Waals surface area contributed by atoms with Crippen LogP contribution >= 0.6 is 0 Å². The zero-order valence-corrected chi connectivity index (χ0v) is 13.4. The number of aryl methyl sites for hydroxylation is 2. The SMILES string of the molecule is Cc1nn(C)c(C)c1N=Cc1c([N+](=O)[O-])cc([N+](=O)[O-])cc1[N+](=O)[O-]. The van der Waals surface area contributed by atoms with Crippen LogP contribution in [-0.4, -0.2) is 30.8 Å². The van der Waals surface area contributed by atoms with Crippen molar-refractivity contribution >= 4 is 29.0 Å². The lowest BCUT2D eigenvalue weighted by Crippen LogP contribution is -2.02. The highest BCUT2D eigenvalue weighted by Gasteiger charge is 2.29. The summed E-state index contributed by atoms with van der Waals surface area (Å²) < 4.78 is 1.54. The molecule has 0 atom stereocenters. The van der Waals surface area contributed by atoms with Crippen LogP contribution in [0.5, 0.6) is 0 Å². The van der Waals surface area contributed by atoms with E-state index >= 15 is 0 Å². The Bertz CT molecular complexity index is 896. The van der Waals surface area contributed by atoms with Crippen molar-refractivity contribution in [1.29, 1.82) is 0 Å². The molecule has 0 fully saturated rings. The summed E-state index contributed by atoms with van der Waals surface area (Å²) in [6.45, 7) is 3.38. The summed E-state index contributed by atoms with van der Waals surface area (Å²) in [4.78, 5) is 34.5. The van der Waals surface area contributed by atoms with Crippen molar-refractivity contribution in [1.82, 2.24) is 9.78 Å². The van der Waals surface area contributed by atoms with Gasteiger partial charge in [0.2, 0.25) is 0 Å². The molecule has 0 aliphatic heterocycles. The third-order valence-corrected chi connectivity index (χ3v) is 3.52. The quantitative estimate of drug-likeness (QED) is 0.455. The van der Waals surface area contributed by atoms with Crippen LogP contribution in [-0.2, 0) is 7.05 Å². The second-order valence-corrected chi connectivity index (χ2v) is 5.07. The van der Waals surface area contributed by atoms with Gasteiger partial charge in [-0.05, 0) is 13.8 Å². The fourth-order valence-electron chi connectivity index (χ4n) is 2.23. The molecule has 1 heterocycles. The summed E-state index contributed by atoms with van der Waals surface area (Å²) in [7, 11) is 1.68. The fraction of sp³-hybridized carbons (Fsp3) is 0.231. The second-order valence-electron chi connectivity index (χ2n) is 5.07. The Morgan fingerprint density at radius 2 is 1.56 bits per heavy atom. The first-order chi connectivity index (χ1) is 11.6. The zero-order valence-electron chi connectivity index (χ0n) is 13.4. The maximum atomic E-state index is 11.2. The van der Waals surface area contributed by atoms with Gasteiger partial charge in [-0.15, -0.1) is 0 Å². The Morgan fingerprint density at radius 3 is 1.92 bits per heavy atom. The number of hydrogen-bond donors (Lipinski definition) is 0. The zero-order chi connectivity index (χ0) is 18.9. The van der Waals surface area contributed by atoms with Gasteiger partial charge in [0.1, 0.15) is 11.3 Å². The van der Waals surface area contributed by atoms with E-state index in [2.05, 4.69) is 10.1 Å². The Labute approximate surface area is 139 Å². The van der Waals surface area contributed by atoms with Gasteiger partial charge >= 0.3 is 0 Å². The van der Waals surface area contributed by atoms with Gasteiger partial charge in [0.25, 0.3) is 17.1 Å². The highest BCUT2D eigenvalue weighted by molar-refractivity contribution is 5.93. The Balaban J connectivity index is 2.70. The molecule has 0 bridgehead atoms. The van der Waals surface area contributed by atoms with E-state index in [9.17, 15) is 30.3 Å². The highest BCUT2D eigenvalue weighted by Crippen LogP contribution is 2.33. The van der Waals surface area contributed by atoms with E-state index in [1.165, 1.54) is 0 Å². The van der Waals surface area contributed by atoms with Crippen molar-refractivity contribution in [2.45, 2.75) is 13.8 Å². The molecule has 0 N–H and O–H groups in total.